The summed E-state index contributed by atoms with van der Waals surface area (Å²) in [6, 6.07) is 5.36. The zero-order chi connectivity index (χ0) is 13.0. The summed E-state index contributed by atoms with van der Waals surface area (Å²) in [7, 11) is 1.65. The topological polar surface area (TPSA) is 89.9 Å². The van der Waals surface area contributed by atoms with Crippen molar-refractivity contribution in [3.63, 3.8) is 0 Å². The van der Waals surface area contributed by atoms with Crippen molar-refractivity contribution in [2.45, 2.75) is 6.54 Å². The number of amides is 1. The Hall–Kier alpha value is -2.28. The molecule has 0 unspecified atom stereocenters. The van der Waals surface area contributed by atoms with Gasteiger partial charge in [0.2, 0.25) is 0 Å². The molecule has 2 aromatic heterocycles. The van der Waals surface area contributed by atoms with Crippen LogP contribution in [0, 0.1) is 0 Å². The summed E-state index contributed by atoms with van der Waals surface area (Å²) in [5.41, 5.74) is 5.68. The zero-order valence-electron chi connectivity index (χ0n) is 10.0. The van der Waals surface area contributed by atoms with E-state index in [1.807, 2.05) is 6.07 Å². The predicted octanol–water partition coefficient (Wildman–Crippen LogP) is -0.0916. The molecule has 0 fully saturated rings. The molecule has 7 heteroatoms. The van der Waals surface area contributed by atoms with E-state index in [1.165, 1.54) is 4.90 Å². The fourth-order valence-electron chi connectivity index (χ4n) is 1.47. The monoisotopic (exact) mass is 246 g/mol. The normalized spacial score (nSPS) is 10.3. The Morgan fingerprint density at radius 1 is 1.50 bits per heavy atom. The zero-order valence-corrected chi connectivity index (χ0v) is 10.0. The number of nitrogens with two attached hydrogens (primary N) is 1. The molecule has 2 rings (SSSR count). The van der Waals surface area contributed by atoms with Gasteiger partial charge in [0, 0.05) is 19.8 Å². The lowest BCUT2D eigenvalue weighted by atomic mass is 10.3. The van der Waals surface area contributed by atoms with Crippen molar-refractivity contribution < 1.29 is 4.79 Å². The van der Waals surface area contributed by atoms with Crippen molar-refractivity contribution in [2.75, 3.05) is 18.5 Å². The first-order valence-electron chi connectivity index (χ1n) is 5.51. The quantitative estimate of drug-likeness (QED) is 0.814. The second-order valence-corrected chi connectivity index (χ2v) is 3.71. The number of anilines is 1. The Morgan fingerprint density at radius 3 is 3.00 bits per heavy atom. The van der Waals surface area contributed by atoms with Crippen LogP contribution < -0.4 is 10.6 Å². The third kappa shape index (κ3) is 2.51. The first-order chi connectivity index (χ1) is 8.72. The van der Waals surface area contributed by atoms with E-state index in [0.717, 1.165) is 0 Å². The number of carbonyl (C=O) groups excluding carboxylic acids is 1. The minimum atomic E-state index is -0.253. The van der Waals surface area contributed by atoms with Crippen molar-refractivity contribution in [3.8, 4) is 0 Å². The van der Waals surface area contributed by atoms with Gasteiger partial charge in [0.05, 0.1) is 12.7 Å². The highest BCUT2D eigenvalue weighted by Gasteiger charge is 2.17. The van der Waals surface area contributed by atoms with Gasteiger partial charge in [0.25, 0.3) is 5.91 Å². The number of carbonyl (C=O) groups is 1. The average molecular weight is 246 g/mol. The summed E-state index contributed by atoms with van der Waals surface area (Å²) in [6.45, 7) is 0.987. The van der Waals surface area contributed by atoms with Gasteiger partial charge in [-0.3, -0.25) is 14.4 Å². The van der Waals surface area contributed by atoms with Crippen LogP contribution in [0.2, 0.25) is 0 Å². The van der Waals surface area contributed by atoms with Crippen LogP contribution in [0.4, 0.5) is 5.82 Å². The number of hydrogen-bond donors (Lipinski definition) is 1. The molecule has 0 radical (unpaired) electrons. The van der Waals surface area contributed by atoms with E-state index in [-0.39, 0.29) is 11.6 Å². The van der Waals surface area contributed by atoms with Crippen molar-refractivity contribution in [3.05, 3.63) is 36.3 Å². The first-order valence-corrected chi connectivity index (χ1v) is 5.51. The molecule has 0 aliphatic carbocycles. The van der Waals surface area contributed by atoms with E-state index in [1.54, 1.807) is 36.3 Å². The Bertz CT molecular complexity index is 523. The van der Waals surface area contributed by atoms with Crippen molar-refractivity contribution in [1.82, 2.24) is 20.0 Å². The maximum atomic E-state index is 12.1. The van der Waals surface area contributed by atoms with Gasteiger partial charge in [0.15, 0.2) is 5.69 Å². The van der Waals surface area contributed by atoms with Gasteiger partial charge in [0.1, 0.15) is 5.82 Å². The van der Waals surface area contributed by atoms with Gasteiger partial charge in [-0.25, -0.2) is 4.98 Å². The Labute approximate surface area is 104 Å². The predicted molar refractivity (Wildman–Crippen MR) is 66.0 cm³/mol. The largest absolute Gasteiger partial charge is 0.329 e. The highest BCUT2D eigenvalue weighted by atomic mass is 16.2. The van der Waals surface area contributed by atoms with Crippen LogP contribution in [-0.2, 0) is 6.54 Å². The molecule has 18 heavy (non-hydrogen) atoms. The third-order valence-corrected chi connectivity index (χ3v) is 2.41. The minimum absolute atomic E-state index is 0.253. The lowest BCUT2D eigenvalue weighted by Gasteiger charge is -2.13. The molecule has 0 aliphatic rings. The van der Waals surface area contributed by atoms with Gasteiger partial charge < -0.3 is 5.73 Å². The summed E-state index contributed by atoms with van der Waals surface area (Å²) >= 11 is 0. The van der Waals surface area contributed by atoms with E-state index >= 15 is 0 Å². The maximum absolute atomic E-state index is 12.1. The van der Waals surface area contributed by atoms with Gasteiger partial charge in [-0.05, 0) is 12.1 Å². The summed E-state index contributed by atoms with van der Waals surface area (Å²) in [6.07, 6.45) is 3.21. The van der Waals surface area contributed by atoms with E-state index in [9.17, 15) is 4.79 Å². The molecule has 0 aliphatic heterocycles. The highest BCUT2D eigenvalue weighted by molar-refractivity contribution is 6.03. The van der Waals surface area contributed by atoms with Crippen LogP contribution >= 0.6 is 0 Å². The van der Waals surface area contributed by atoms with Crippen LogP contribution in [0.3, 0.4) is 0 Å². The second kappa shape index (κ2) is 5.37. The lowest BCUT2D eigenvalue weighted by Crippen LogP contribution is -2.27. The molecule has 7 nitrogen and oxygen atoms in total. The Balaban J connectivity index is 2.15. The summed E-state index contributed by atoms with van der Waals surface area (Å²) < 4.78 is 1.54. The number of nitrogens with zero attached hydrogens (tertiary/aromatic N) is 5. The molecule has 0 atom stereocenters. The summed E-state index contributed by atoms with van der Waals surface area (Å²) in [4.78, 5) is 17.6. The average Bonchev–Trinajstić information content (AvgIpc) is 2.87. The van der Waals surface area contributed by atoms with Crippen LogP contribution in [0.1, 0.15) is 10.5 Å². The van der Waals surface area contributed by atoms with Crippen LogP contribution in [0.15, 0.2) is 30.6 Å². The SMILES string of the molecule is CN(C(=O)c1cn(CCN)nn1)c1ccccn1. The molecule has 0 aromatic carbocycles. The van der Waals surface area contributed by atoms with Crippen molar-refractivity contribution >= 4 is 11.7 Å². The highest BCUT2D eigenvalue weighted by Crippen LogP contribution is 2.09. The van der Waals surface area contributed by atoms with Crippen molar-refractivity contribution in [2.24, 2.45) is 5.73 Å². The van der Waals surface area contributed by atoms with Crippen LogP contribution in [0.5, 0.6) is 0 Å². The van der Waals surface area contributed by atoms with Gasteiger partial charge in [-0.15, -0.1) is 5.10 Å². The molecular weight excluding hydrogens is 232 g/mol. The fourth-order valence-corrected chi connectivity index (χ4v) is 1.47. The van der Waals surface area contributed by atoms with Gasteiger partial charge in [-0.2, -0.15) is 0 Å². The molecule has 0 saturated heterocycles. The van der Waals surface area contributed by atoms with Crippen LogP contribution in [-0.4, -0.2) is 39.5 Å². The molecule has 1 amide bonds. The standard InChI is InChI=1S/C11H14N6O/c1-16(10-4-2-3-6-13-10)11(18)9-8-17(7-5-12)15-14-9/h2-4,6,8H,5,7,12H2,1H3. The van der Waals surface area contributed by atoms with E-state index in [2.05, 4.69) is 15.3 Å². The molecule has 2 N–H and O–H groups in total. The number of hydrogen-bond acceptors (Lipinski definition) is 5. The lowest BCUT2D eigenvalue weighted by molar-refractivity contribution is 0.0987. The summed E-state index contributed by atoms with van der Waals surface area (Å²) in [5, 5.41) is 7.64. The van der Waals surface area contributed by atoms with Gasteiger partial charge in [-0.1, -0.05) is 11.3 Å². The Morgan fingerprint density at radius 2 is 2.33 bits per heavy atom. The second-order valence-electron chi connectivity index (χ2n) is 3.71. The van der Waals surface area contributed by atoms with E-state index in [0.29, 0.717) is 18.9 Å². The molecule has 0 bridgehead atoms. The smallest absolute Gasteiger partial charge is 0.281 e. The third-order valence-electron chi connectivity index (χ3n) is 2.41. The maximum Gasteiger partial charge on any atom is 0.281 e. The fraction of sp³-hybridized carbons (Fsp3) is 0.273. The van der Waals surface area contributed by atoms with Gasteiger partial charge >= 0.3 is 0 Å². The molecule has 2 aromatic rings. The molecular formula is C11H14N6O. The minimum Gasteiger partial charge on any atom is -0.329 e. The first kappa shape index (κ1) is 12.2. The number of aromatic nitrogens is 4. The van der Waals surface area contributed by atoms with E-state index < -0.39 is 0 Å². The molecule has 0 saturated carbocycles. The van der Waals surface area contributed by atoms with Crippen LogP contribution in [0.25, 0.3) is 0 Å². The molecule has 0 spiro atoms. The Kier molecular flexibility index (Phi) is 3.63. The van der Waals surface area contributed by atoms with Crippen molar-refractivity contribution in [1.29, 1.82) is 0 Å². The van der Waals surface area contributed by atoms with E-state index in [4.69, 9.17) is 5.73 Å². The number of rotatable bonds is 4. The summed E-state index contributed by atoms with van der Waals surface area (Å²) in [5.74, 6) is 0.313. The molecule has 2 heterocycles. The number of pyridine rings is 1. The molecule has 94 valence electrons.